The van der Waals surface area contributed by atoms with E-state index in [9.17, 15) is 0 Å². The van der Waals surface area contributed by atoms with Crippen LogP contribution in [0.5, 0.6) is 0 Å². The van der Waals surface area contributed by atoms with Gasteiger partial charge < -0.3 is 0 Å². The summed E-state index contributed by atoms with van der Waals surface area (Å²) in [6.07, 6.45) is 12.6. The molecule has 0 saturated carbocycles. The first kappa shape index (κ1) is 32.8. The van der Waals surface area contributed by atoms with Gasteiger partial charge in [-0.05, 0) is 141 Å². The maximum absolute atomic E-state index is 2.72. The fourth-order valence-corrected chi connectivity index (χ4v) is 15.5. The Hall–Kier alpha value is -3.42. The Labute approximate surface area is 297 Å². The Bertz CT molecular complexity index is 1900. The number of aryl methyl sites for hydroxylation is 2. The molecule has 0 aliphatic heterocycles. The van der Waals surface area contributed by atoms with E-state index in [2.05, 4.69) is 141 Å². The molecule has 0 amide bonds. The van der Waals surface area contributed by atoms with Gasteiger partial charge in [0.25, 0.3) is 0 Å². The zero-order valence-electron chi connectivity index (χ0n) is 31.8. The van der Waals surface area contributed by atoms with Crippen molar-refractivity contribution in [2.24, 2.45) is 0 Å². The molecule has 1 heteroatoms. The van der Waals surface area contributed by atoms with Crippen LogP contribution in [0.3, 0.4) is 0 Å². The smallest absolute Gasteiger partial charge is 0.0679 e. The second-order valence-electron chi connectivity index (χ2n) is 18.6. The molecule has 0 radical (unpaired) electrons. The first-order valence-electron chi connectivity index (χ1n) is 19.1. The van der Waals surface area contributed by atoms with Crippen LogP contribution in [-0.2, 0) is 36.5 Å². The van der Waals surface area contributed by atoms with E-state index < -0.39 is 8.07 Å². The lowest BCUT2D eigenvalue weighted by Crippen LogP contribution is -2.42. The maximum atomic E-state index is 2.72. The average molecular weight is 661 g/mol. The Balaban J connectivity index is 1.25. The molecule has 0 heterocycles. The zero-order valence-corrected chi connectivity index (χ0v) is 32.8. The van der Waals surface area contributed by atoms with Crippen LogP contribution in [0.4, 0.5) is 0 Å². The summed E-state index contributed by atoms with van der Waals surface area (Å²) in [7, 11) is -1.98. The van der Waals surface area contributed by atoms with Gasteiger partial charge in [-0.25, -0.2) is 0 Å². The first-order chi connectivity index (χ1) is 23.1. The quantitative estimate of drug-likeness (QED) is 0.191. The van der Waals surface area contributed by atoms with Gasteiger partial charge in [-0.15, -0.1) is 0 Å². The highest BCUT2D eigenvalue weighted by Crippen LogP contribution is 2.56. The zero-order chi connectivity index (χ0) is 34.6. The first-order valence-corrected chi connectivity index (χ1v) is 22.3. The minimum atomic E-state index is -1.98. The van der Waals surface area contributed by atoms with Crippen LogP contribution >= 0.6 is 0 Å². The largest absolute Gasteiger partial charge is 0.0722 e. The molecule has 252 valence electrons. The summed E-state index contributed by atoms with van der Waals surface area (Å²) in [5.41, 5.74) is 26.0. The van der Waals surface area contributed by atoms with Crippen molar-refractivity contribution in [3.05, 3.63) is 127 Å². The summed E-state index contributed by atoms with van der Waals surface area (Å²) in [6.45, 7) is 24.3. The summed E-state index contributed by atoms with van der Waals surface area (Å²) in [6, 6.07) is 24.6. The van der Waals surface area contributed by atoms with Crippen molar-refractivity contribution in [3.8, 4) is 22.3 Å². The fourth-order valence-electron chi connectivity index (χ4n) is 10.5. The van der Waals surface area contributed by atoms with Crippen molar-refractivity contribution < 1.29 is 0 Å². The molecule has 4 aromatic rings. The van der Waals surface area contributed by atoms with Crippen LogP contribution in [0.2, 0.25) is 13.1 Å². The number of hydrogen-bond donors (Lipinski definition) is 0. The van der Waals surface area contributed by atoms with Crippen LogP contribution in [0.1, 0.15) is 135 Å². The second kappa shape index (κ2) is 11.3. The van der Waals surface area contributed by atoms with E-state index in [-0.39, 0.29) is 10.8 Å². The lowest BCUT2D eigenvalue weighted by molar-refractivity contribution is 0.590. The molecule has 4 aliphatic rings. The molecule has 2 unspecified atom stereocenters. The third-order valence-corrected chi connectivity index (χ3v) is 17.3. The summed E-state index contributed by atoms with van der Waals surface area (Å²) in [5, 5.41) is 0. The lowest BCUT2D eigenvalue weighted by atomic mass is 9.84. The SMILES string of the molecule is CC1=Cc2c(cc3c(c2-c2ccc(C(C)(C)C)cc2)CCC3)C1[Si](C)(C)C1C(C)=Cc2c1cc1c(c2-c2ccc(C(C)(C)C)cc2)CCC1. The summed E-state index contributed by atoms with van der Waals surface area (Å²) in [5.74, 6) is 0. The van der Waals surface area contributed by atoms with Crippen LogP contribution in [0, 0.1) is 0 Å². The Kier molecular flexibility index (Phi) is 7.55. The monoisotopic (exact) mass is 660 g/mol. The molecule has 0 fully saturated rings. The van der Waals surface area contributed by atoms with E-state index >= 15 is 0 Å². The average Bonchev–Trinajstić information content (AvgIpc) is 3.82. The third-order valence-electron chi connectivity index (χ3n) is 12.8. The van der Waals surface area contributed by atoms with Crippen molar-refractivity contribution >= 4 is 20.2 Å². The molecule has 0 N–H and O–H groups in total. The number of hydrogen-bond acceptors (Lipinski definition) is 0. The van der Waals surface area contributed by atoms with Gasteiger partial charge in [-0.2, -0.15) is 0 Å². The molecule has 49 heavy (non-hydrogen) atoms. The van der Waals surface area contributed by atoms with E-state index in [1.165, 1.54) is 83.0 Å². The van der Waals surface area contributed by atoms with E-state index in [0.717, 1.165) is 0 Å². The second-order valence-corrected chi connectivity index (χ2v) is 23.4. The van der Waals surface area contributed by atoms with Gasteiger partial charge in [-0.1, -0.05) is 139 Å². The van der Waals surface area contributed by atoms with Crippen molar-refractivity contribution in [2.75, 3.05) is 0 Å². The molecule has 4 aromatic carbocycles. The highest BCUT2D eigenvalue weighted by Gasteiger charge is 2.48. The topological polar surface area (TPSA) is 0 Å². The molecule has 0 spiro atoms. The van der Waals surface area contributed by atoms with Crippen LogP contribution < -0.4 is 0 Å². The number of rotatable bonds is 4. The molecule has 2 atom stereocenters. The number of allylic oxidation sites excluding steroid dienone is 2. The standard InChI is InChI=1S/C48H56Si/c1-29-25-39-41(27-33-13-11-15-37(33)43(39)31-17-21-35(22-18-31)47(3,4)5)45(29)49(9,10)46-30(2)26-40-42(46)28-34-14-12-16-38(34)44(40)32-19-23-36(24-20-32)48(6,7)8/h17-28,45-46H,11-16H2,1-10H3. The fraction of sp³-hybridized carbons (Fsp3) is 0.417. The minimum absolute atomic E-state index is 0.162. The third kappa shape index (κ3) is 5.21. The number of benzene rings is 4. The normalized spacial score (nSPS) is 19.8. The highest BCUT2D eigenvalue weighted by molar-refractivity contribution is 6.81. The van der Waals surface area contributed by atoms with E-state index in [1.807, 2.05) is 0 Å². The molecule has 0 saturated heterocycles. The highest BCUT2D eigenvalue weighted by atomic mass is 28.3. The van der Waals surface area contributed by atoms with Crippen molar-refractivity contribution in [3.63, 3.8) is 0 Å². The summed E-state index contributed by atoms with van der Waals surface area (Å²) < 4.78 is 0. The van der Waals surface area contributed by atoms with Crippen LogP contribution in [-0.4, -0.2) is 8.07 Å². The maximum Gasteiger partial charge on any atom is 0.0722 e. The number of fused-ring (bicyclic) bond motifs is 4. The van der Waals surface area contributed by atoms with Crippen molar-refractivity contribution in [1.82, 2.24) is 0 Å². The molecule has 0 bridgehead atoms. The molecular weight excluding hydrogens is 605 g/mol. The summed E-state index contributed by atoms with van der Waals surface area (Å²) >= 11 is 0. The molecule has 4 aliphatic carbocycles. The lowest BCUT2D eigenvalue weighted by Gasteiger charge is -2.39. The van der Waals surface area contributed by atoms with E-state index in [0.29, 0.717) is 11.1 Å². The predicted molar refractivity (Wildman–Crippen MR) is 215 cm³/mol. The predicted octanol–water partition coefficient (Wildman–Crippen LogP) is 13.1. The van der Waals surface area contributed by atoms with Gasteiger partial charge in [0.05, 0.1) is 8.07 Å². The molecule has 0 nitrogen and oxygen atoms in total. The van der Waals surface area contributed by atoms with Crippen LogP contribution in [0.25, 0.3) is 34.4 Å². The van der Waals surface area contributed by atoms with E-state index in [4.69, 9.17) is 0 Å². The molecule has 0 aromatic heterocycles. The van der Waals surface area contributed by atoms with Crippen molar-refractivity contribution in [2.45, 2.75) is 129 Å². The summed E-state index contributed by atoms with van der Waals surface area (Å²) in [4.78, 5) is 0. The van der Waals surface area contributed by atoms with E-state index in [1.54, 1.807) is 44.5 Å². The minimum Gasteiger partial charge on any atom is -0.0679 e. The molecular formula is C48H56Si. The Morgan fingerprint density at radius 3 is 1.24 bits per heavy atom. The van der Waals surface area contributed by atoms with Gasteiger partial charge in [0.1, 0.15) is 0 Å². The van der Waals surface area contributed by atoms with Crippen LogP contribution in [0.15, 0.2) is 71.8 Å². The van der Waals surface area contributed by atoms with Crippen molar-refractivity contribution in [1.29, 1.82) is 0 Å². The van der Waals surface area contributed by atoms with Gasteiger partial charge in [-0.3, -0.25) is 0 Å². The van der Waals surface area contributed by atoms with Gasteiger partial charge >= 0.3 is 0 Å². The van der Waals surface area contributed by atoms with Gasteiger partial charge in [0.2, 0.25) is 0 Å². The Morgan fingerprint density at radius 1 is 0.531 bits per heavy atom. The van der Waals surface area contributed by atoms with Gasteiger partial charge in [0.15, 0.2) is 0 Å². The van der Waals surface area contributed by atoms with Gasteiger partial charge in [0, 0.05) is 11.1 Å². The Morgan fingerprint density at radius 2 is 0.898 bits per heavy atom. The molecule has 8 rings (SSSR count).